The lowest BCUT2D eigenvalue weighted by Crippen LogP contribution is -1.99. The summed E-state index contributed by atoms with van der Waals surface area (Å²) in [5.41, 5.74) is 6.25. The van der Waals surface area contributed by atoms with Crippen molar-refractivity contribution >= 4 is 28.0 Å². The maximum atomic E-state index is 9.87. The Kier molecular flexibility index (Phi) is 5.63. The fraction of sp³-hybridized carbons (Fsp3) is 0. The van der Waals surface area contributed by atoms with E-state index in [2.05, 4.69) is 31.4 Å². The molecule has 0 bridgehead atoms. The highest BCUT2D eigenvalue weighted by atomic mass is 79.9. The minimum absolute atomic E-state index is 0.168. The standard InChI is InChI=1S/C23H17BrN4O/c24-19-12-10-17(11-13-19)23-26-20(16-6-2-1-3-7-16)14-22(27-23)28-25-15-18-8-4-5-9-21(18)29/h1-15,29H,(H,26,27,28)/b25-15-. The number of halogens is 1. The van der Waals surface area contributed by atoms with Crippen LogP contribution < -0.4 is 5.43 Å². The molecular weight excluding hydrogens is 428 g/mol. The smallest absolute Gasteiger partial charge is 0.162 e. The number of hydrogen-bond acceptors (Lipinski definition) is 5. The van der Waals surface area contributed by atoms with Crippen molar-refractivity contribution in [2.45, 2.75) is 0 Å². The van der Waals surface area contributed by atoms with Gasteiger partial charge < -0.3 is 5.11 Å². The predicted octanol–water partition coefficient (Wildman–Crippen LogP) is 5.72. The van der Waals surface area contributed by atoms with E-state index in [-0.39, 0.29) is 5.75 Å². The number of benzene rings is 3. The molecule has 1 heterocycles. The Morgan fingerprint density at radius 2 is 1.55 bits per heavy atom. The third-order valence-corrected chi connectivity index (χ3v) is 4.75. The van der Waals surface area contributed by atoms with Crippen LogP contribution in [0.4, 0.5) is 5.82 Å². The molecule has 0 saturated carbocycles. The van der Waals surface area contributed by atoms with Crippen LogP contribution in [-0.2, 0) is 0 Å². The van der Waals surface area contributed by atoms with Gasteiger partial charge in [0.2, 0.25) is 0 Å². The maximum absolute atomic E-state index is 9.87. The number of rotatable bonds is 5. The zero-order chi connectivity index (χ0) is 20.1. The number of hydrazone groups is 1. The van der Waals surface area contributed by atoms with E-state index in [1.54, 1.807) is 24.4 Å². The lowest BCUT2D eigenvalue weighted by atomic mass is 10.1. The molecule has 0 spiro atoms. The van der Waals surface area contributed by atoms with Crippen LogP contribution in [0.15, 0.2) is 94.5 Å². The average molecular weight is 445 g/mol. The molecule has 0 atom stereocenters. The molecule has 0 saturated heterocycles. The summed E-state index contributed by atoms with van der Waals surface area (Å²) in [5.74, 6) is 1.32. The van der Waals surface area contributed by atoms with E-state index in [1.807, 2.05) is 66.7 Å². The van der Waals surface area contributed by atoms with Crippen LogP contribution in [0.5, 0.6) is 5.75 Å². The van der Waals surface area contributed by atoms with Gasteiger partial charge in [-0.1, -0.05) is 70.5 Å². The topological polar surface area (TPSA) is 70.4 Å². The normalized spacial score (nSPS) is 10.9. The van der Waals surface area contributed by atoms with Crippen LogP contribution in [0.25, 0.3) is 22.6 Å². The Morgan fingerprint density at radius 1 is 0.828 bits per heavy atom. The van der Waals surface area contributed by atoms with Crippen LogP contribution in [0.1, 0.15) is 5.56 Å². The van der Waals surface area contributed by atoms with Crippen molar-refractivity contribution < 1.29 is 5.11 Å². The number of nitrogens with zero attached hydrogens (tertiary/aromatic N) is 3. The van der Waals surface area contributed by atoms with Crippen molar-refractivity contribution in [1.82, 2.24) is 9.97 Å². The van der Waals surface area contributed by atoms with E-state index in [0.29, 0.717) is 17.2 Å². The van der Waals surface area contributed by atoms with Gasteiger partial charge in [0.05, 0.1) is 11.9 Å². The molecule has 4 rings (SSSR count). The molecule has 0 radical (unpaired) electrons. The van der Waals surface area contributed by atoms with Gasteiger partial charge in [0.15, 0.2) is 11.6 Å². The number of phenols is 1. The Labute approximate surface area is 176 Å². The molecule has 5 nitrogen and oxygen atoms in total. The molecular formula is C23H17BrN4O. The van der Waals surface area contributed by atoms with Gasteiger partial charge in [0, 0.05) is 27.2 Å². The van der Waals surface area contributed by atoms with Crippen molar-refractivity contribution in [1.29, 1.82) is 0 Å². The summed E-state index contributed by atoms with van der Waals surface area (Å²) in [4.78, 5) is 9.32. The molecule has 0 aliphatic heterocycles. The van der Waals surface area contributed by atoms with Gasteiger partial charge in [-0.15, -0.1) is 0 Å². The number of nitrogens with one attached hydrogen (secondary N) is 1. The molecule has 1 aromatic heterocycles. The first-order chi connectivity index (χ1) is 14.2. The molecule has 2 N–H and O–H groups in total. The number of anilines is 1. The SMILES string of the molecule is Oc1ccccc1/C=N\Nc1cc(-c2ccccc2)nc(-c2ccc(Br)cc2)n1. The first kappa shape index (κ1) is 18.8. The third kappa shape index (κ3) is 4.67. The molecule has 6 heteroatoms. The summed E-state index contributed by atoms with van der Waals surface area (Å²) < 4.78 is 0.992. The fourth-order valence-electron chi connectivity index (χ4n) is 2.75. The van der Waals surface area contributed by atoms with Gasteiger partial charge in [-0.3, -0.25) is 5.43 Å². The lowest BCUT2D eigenvalue weighted by Gasteiger charge is -2.08. The quantitative estimate of drug-likeness (QED) is 0.304. The van der Waals surface area contributed by atoms with Crippen molar-refractivity contribution in [3.8, 4) is 28.4 Å². The van der Waals surface area contributed by atoms with E-state index in [9.17, 15) is 5.11 Å². The molecule has 0 aliphatic carbocycles. The second-order valence-corrected chi connectivity index (χ2v) is 7.18. The van der Waals surface area contributed by atoms with Crippen LogP contribution in [0.2, 0.25) is 0 Å². The van der Waals surface area contributed by atoms with E-state index in [4.69, 9.17) is 4.98 Å². The molecule has 142 valence electrons. The number of para-hydroxylation sites is 1. The first-order valence-electron chi connectivity index (χ1n) is 8.96. The number of aromatic nitrogens is 2. The average Bonchev–Trinajstić information content (AvgIpc) is 2.76. The van der Waals surface area contributed by atoms with E-state index >= 15 is 0 Å². The Hall–Kier alpha value is -3.51. The number of phenolic OH excluding ortho intramolecular Hbond substituents is 1. The van der Waals surface area contributed by atoms with Crippen LogP contribution in [-0.4, -0.2) is 21.3 Å². The molecule has 4 aromatic rings. The second-order valence-electron chi connectivity index (χ2n) is 6.26. The lowest BCUT2D eigenvalue weighted by molar-refractivity contribution is 0.474. The van der Waals surface area contributed by atoms with Gasteiger partial charge in [-0.05, 0) is 24.3 Å². The second kappa shape index (κ2) is 8.67. The minimum Gasteiger partial charge on any atom is -0.507 e. The number of hydrogen-bond donors (Lipinski definition) is 2. The zero-order valence-corrected chi connectivity index (χ0v) is 16.9. The number of aromatic hydroxyl groups is 1. The first-order valence-corrected chi connectivity index (χ1v) is 9.76. The van der Waals surface area contributed by atoms with Crippen LogP contribution in [0.3, 0.4) is 0 Å². The maximum Gasteiger partial charge on any atom is 0.162 e. The third-order valence-electron chi connectivity index (χ3n) is 4.22. The van der Waals surface area contributed by atoms with Gasteiger partial charge >= 0.3 is 0 Å². The van der Waals surface area contributed by atoms with Crippen molar-refractivity contribution in [3.63, 3.8) is 0 Å². The Bertz CT molecular complexity index is 1150. The molecule has 29 heavy (non-hydrogen) atoms. The summed E-state index contributed by atoms with van der Waals surface area (Å²) in [5, 5.41) is 14.1. The van der Waals surface area contributed by atoms with Crippen molar-refractivity contribution in [2.75, 3.05) is 5.43 Å². The monoisotopic (exact) mass is 444 g/mol. The van der Waals surface area contributed by atoms with E-state index in [1.165, 1.54) is 0 Å². The van der Waals surface area contributed by atoms with Crippen molar-refractivity contribution in [3.05, 3.63) is 95.0 Å². The summed E-state index contributed by atoms with van der Waals surface area (Å²) in [6.45, 7) is 0. The summed E-state index contributed by atoms with van der Waals surface area (Å²) in [7, 11) is 0. The summed E-state index contributed by atoms with van der Waals surface area (Å²) in [6.07, 6.45) is 1.55. The van der Waals surface area contributed by atoms with Gasteiger partial charge in [0.25, 0.3) is 0 Å². The fourth-order valence-corrected chi connectivity index (χ4v) is 3.02. The Morgan fingerprint density at radius 3 is 2.31 bits per heavy atom. The van der Waals surface area contributed by atoms with Gasteiger partial charge in [-0.2, -0.15) is 5.10 Å². The molecule has 0 fully saturated rings. The van der Waals surface area contributed by atoms with E-state index < -0.39 is 0 Å². The zero-order valence-electron chi connectivity index (χ0n) is 15.3. The predicted molar refractivity (Wildman–Crippen MR) is 120 cm³/mol. The highest BCUT2D eigenvalue weighted by molar-refractivity contribution is 9.10. The Balaban J connectivity index is 1.69. The molecule has 0 aliphatic rings. The summed E-state index contributed by atoms with van der Waals surface area (Å²) in [6, 6.07) is 26.6. The van der Waals surface area contributed by atoms with Crippen LogP contribution >= 0.6 is 15.9 Å². The molecule has 0 unspecified atom stereocenters. The van der Waals surface area contributed by atoms with Gasteiger partial charge in [0.1, 0.15) is 5.75 Å². The van der Waals surface area contributed by atoms with E-state index in [0.717, 1.165) is 21.3 Å². The summed E-state index contributed by atoms with van der Waals surface area (Å²) >= 11 is 3.45. The molecule has 0 amide bonds. The van der Waals surface area contributed by atoms with Gasteiger partial charge in [-0.25, -0.2) is 9.97 Å². The largest absolute Gasteiger partial charge is 0.507 e. The highest BCUT2D eigenvalue weighted by Gasteiger charge is 2.09. The minimum atomic E-state index is 0.168. The van der Waals surface area contributed by atoms with Crippen molar-refractivity contribution in [2.24, 2.45) is 5.10 Å². The highest BCUT2D eigenvalue weighted by Crippen LogP contribution is 2.25. The van der Waals surface area contributed by atoms with Crippen LogP contribution in [0, 0.1) is 0 Å². The molecule has 3 aromatic carbocycles.